The number of nitrogens with zero attached hydrogens (tertiary/aromatic N) is 1. The van der Waals surface area contributed by atoms with E-state index in [1.165, 1.54) is 0 Å². The summed E-state index contributed by atoms with van der Waals surface area (Å²) >= 11 is 2.10. The van der Waals surface area contributed by atoms with Crippen molar-refractivity contribution in [3.05, 3.63) is 5.21 Å². The monoisotopic (exact) mass is 255 g/mol. The van der Waals surface area contributed by atoms with Gasteiger partial charge in [0.1, 0.15) is 6.04 Å². The fourth-order valence-corrected chi connectivity index (χ4v) is 2.55. The summed E-state index contributed by atoms with van der Waals surface area (Å²) in [6, 6.07) is 0.289. The fraction of sp³-hybridized carbons (Fsp3) is 1.00. The molecule has 2 fully saturated rings. The summed E-state index contributed by atoms with van der Waals surface area (Å²) in [4.78, 5) is 0. The third-order valence-electron chi connectivity index (χ3n) is 2.29. The lowest BCUT2D eigenvalue weighted by atomic mass is 10.1. The molecule has 2 heterocycles. The maximum absolute atomic E-state index is 11.3. The van der Waals surface area contributed by atoms with Crippen LogP contribution in [0.5, 0.6) is 0 Å². The highest BCUT2D eigenvalue weighted by atomic mass is 127. The molecule has 58 valence electrons. The van der Waals surface area contributed by atoms with Crippen LogP contribution in [-0.4, -0.2) is 28.9 Å². The van der Waals surface area contributed by atoms with E-state index in [0.717, 1.165) is 19.6 Å². The Morgan fingerprint density at radius 2 is 2.40 bits per heavy atom. The number of hydroxylamine groups is 1. The molecule has 5 heteroatoms. The van der Waals surface area contributed by atoms with E-state index in [0.29, 0.717) is 11.1 Å². The van der Waals surface area contributed by atoms with E-state index in [1.807, 2.05) is 3.22 Å². The van der Waals surface area contributed by atoms with Gasteiger partial charge >= 0.3 is 0 Å². The van der Waals surface area contributed by atoms with Crippen molar-refractivity contribution in [1.29, 1.82) is 0 Å². The molecule has 0 saturated carbocycles. The summed E-state index contributed by atoms with van der Waals surface area (Å²) < 4.78 is 1.81. The predicted molar refractivity (Wildman–Crippen MR) is 45.2 cm³/mol. The highest BCUT2D eigenvalue weighted by molar-refractivity contribution is 14.1. The van der Waals surface area contributed by atoms with Crippen LogP contribution in [0.15, 0.2) is 0 Å². The van der Waals surface area contributed by atoms with E-state index < -0.39 is 0 Å². The fourth-order valence-electron chi connectivity index (χ4n) is 1.69. The average molecular weight is 255 g/mol. The van der Waals surface area contributed by atoms with Gasteiger partial charge in [-0.2, -0.15) is 0 Å². The van der Waals surface area contributed by atoms with Crippen molar-refractivity contribution in [3.8, 4) is 0 Å². The molecule has 2 aliphatic rings. The second kappa shape index (κ2) is 2.56. The Hall–Kier alpha value is 0.570. The van der Waals surface area contributed by atoms with E-state index in [-0.39, 0.29) is 6.04 Å². The van der Waals surface area contributed by atoms with E-state index in [2.05, 4.69) is 28.2 Å². The Kier molecular flexibility index (Phi) is 1.85. The second-order valence-corrected chi connectivity index (χ2v) is 4.07. The van der Waals surface area contributed by atoms with Crippen molar-refractivity contribution < 1.29 is 5.17 Å². The molecule has 2 saturated heterocycles. The third kappa shape index (κ3) is 0.964. The van der Waals surface area contributed by atoms with Crippen LogP contribution in [0.25, 0.3) is 0 Å². The maximum atomic E-state index is 11.3. The van der Waals surface area contributed by atoms with Gasteiger partial charge in [-0.25, -0.2) is 0 Å². The lowest BCUT2D eigenvalue weighted by molar-refractivity contribution is -0.948. The Balaban J connectivity index is 2.09. The maximum Gasteiger partial charge on any atom is 0.124 e. The number of hydrogen-bond donors (Lipinski definition) is 2. The van der Waals surface area contributed by atoms with Crippen LogP contribution in [0.2, 0.25) is 0 Å². The average Bonchev–Trinajstić information content (AvgIpc) is 2.41. The molecule has 2 rings (SSSR count). The number of hydrogen-bond acceptors (Lipinski definition) is 3. The molecule has 0 aromatic heterocycles. The van der Waals surface area contributed by atoms with Crippen molar-refractivity contribution in [2.24, 2.45) is 5.92 Å². The molecule has 0 aromatic carbocycles. The van der Waals surface area contributed by atoms with Gasteiger partial charge in [-0.3, -0.25) is 5.17 Å². The third-order valence-corrected chi connectivity index (χ3v) is 3.16. The minimum absolute atomic E-state index is 0.289. The Morgan fingerprint density at radius 1 is 1.60 bits per heavy atom. The summed E-state index contributed by atoms with van der Waals surface area (Å²) in [6.07, 6.45) is 0. The molecule has 0 bridgehead atoms. The topological polar surface area (TPSA) is 42.8 Å². The summed E-state index contributed by atoms with van der Waals surface area (Å²) in [5.74, 6) is 0.587. The van der Waals surface area contributed by atoms with Crippen molar-refractivity contribution in [2.75, 3.05) is 19.6 Å². The largest absolute Gasteiger partial charge is 0.612 e. The van der Waals surface area contributed by atoms with Gasteiger partial charge < -0.3 is 10.5 Å². The molecular formula is C5H10IN3O. The quantitative estimate of drug-likeness (QED) is 0.316. The Bertz CT molecular complexity index is 143. The van der Waals surface area contributed by atoms with Crippen LogP contribution >= 0.6 is 22.9 Å². The normalized spacial score (nSPS) is 48.0. The first-order chi connectivity index (χ1) is 4.79. The van der Waals surface area contributed by atoms with Crippen LogP contribution < -0.4 is 10.5 Å². The molecule has 0 aliphatic carbocycles. The van der Waals surface area contributed by atoms with Gasteiger partial charge in [-0.15, -0.1) is 0 Å². The van der Waals surface area contributed by atoms with Gasteiger partial charge in [0, 0.05) is 12.5 Å². The highest BCUT2D eigenvalue weighted by Crippen LogP contribution is 2.14. The SMILES string of the molecule is [O-][NH+]1C2CNCC2CN1I. The Labute approximate surface area is 73.6 Å². The second-order valence-electron chi connectivity index (χ2n) is 2.91. The van der Waals surface area contributed by atoms with E-state index in [9.17, 15) is 5.21 Å². The molecule has 0 amide bonds. The van der Waals surface area contributed by atoms with Crippen LogP contribution in [-0.2, 0) is 0 Å². The van der Waals surface area contributed by atoms with Gasteiger partial charge in [0.15, 0.2) is 0 Å². The standard InChI is InChI=1S/C5H10IN3O/c6-8-3-4-1-7-2-5(4)9(8)10/h4-5,7,9H,1-3H2. The molecule has 2 N–H and O–H groups in total. The smallest absolute Gasteiger partial charge is 0.124 e. The van der Waals surface area contributed by atoms with E-state index in [1.54, 1.807) is 0 Å². The molecule has 10 heavy (non-hydrogen) atoms. The van der Waals surface area contributed by atoms with Crippen molar-refractivity contribution in [2.45, 2.75) is 6.04 Å². The van der Waals surface area contributed by atoms with Gasteiger partial charge in [-0.05, 0) is 0 Å². The minimum Gasteiger partial charge on any atom is -0.612 e. The molecule has 0 radical (unpaired) electrons. The lowest BCUT2D eigenvalue weighted by Crippen LogP contribution is -3.13. The van der Waals surface area contributed by atoms with Gasteiger partial charge in [0.2, 0.25) is 0 Å². The summed E-state index contributed by atoms with van der Waals surface area (Å²) in [5.41, 5.74) is 0. The molecule has 0 spiro atoms. The van der Waals surface area contributed by atoms with Crippen LogP contribution in [0.1, 0.15) is 0 Å². The first kappa shape index (κ1) is 7.23. The van der Waals surface area contributed by atoms with E-state index in [4.69, 9.17) is 0 Å². The zero-order valence-corrected chi connectivity index (χ0v) is 7.67. The Morgan fingerprint density at radius 3 is 3.10 bits per heavy atom. The van der Waals surface area contributed by atoms with Crippen molar-refractivity contribution in [3.63, 3.8) is 0 Å². The minimum atomic E-state index is 0.289. The first-order valence-corrected chi connectivity index (χ1v) is 4.43. The van der Waals surface area contributed by atoms with Gasteiger partial charge in [-0.1, -0.05) is 3.22 Å². The van der Waals surface area contributed by atoms with Crippen LogP contribution in [0.3, 0.4) is 0 Å². The first-order valence-electron chi connectivity index (χ1n) is 3.47. The number of halogens is 1. The summed E-state index contributed by atoms with van der Waals surface area (Å²) in [7, 11) is 0. The van der Waals surface area contributed by atoms with Crippen molar-refractivity contribution >= 4 is 22.9 Å². The number of rotatable bonds is 0. The molecule has 2 aliphatic heterocycles. The van der Waals surface area contributed by atoms with Crippen LogP contribution in [0, 0.1) is 11.1 Å². The zero-order valence-electron chi connectivity index (χ0n) is 5.51. The number of nitrogens with one attached hydrogen (secondary N) is 2. The molecule has 3 unspecified atom stereocenters. The lowest BCUT2D eigenvalue weighted by Gasteiger charge is -2.25. The molecular weight excluding hydrogens is 245 g/mol. The zero-order chi connectivity index (χ0) is 7.14. The molecule has 4 nitrogen and oxygen atoms in total. The van der Waals surface area contributed by atoms with Crippen LogP contribution in [0.4, 0.5) is 0 Å². The summed E-state index contributed by atoms with van der Waals surface area (Å²) in [6.45, 7) is 2.86. The van der Waals surface area contributed by atoms with Gasteiger partial charge in [0.05, 0.1) is 36.0 Å². The molecule has 0 aromatic rings. The highest BCUT2D eigenvalue weighted by Gasteiger charge is 2.42. The number of quaternary nitrogens is 1. The van der Waals surface area contributed by atoms with Crippen molar-refractivity contribution in [1.82, 2.24) is 8.54 Å². The number of fused-ring (bicyclic) bond motifs is 1. The predicted octanol–water partition coefficient (Wildman–Crippen LogP) is -1.46. The van der Waals surface area contributed by atoms with Gasteiger partial charge in [0.25, 0.3) is 0 Å². The summed E-state index contributed by atoms with van der Waals surface area (Å²) in [5, 5.41) is 14.8. The van der Waals surface area contributed by atoms with E-state index >= 15 is 0 Å². The molecule has 3 atom stereocenters.